The second-order valence-electron chi connectivity index (χ2n) is 4.49. The Labute approximate surface area is 115 Å². The summed E-state index contributed by atoms with van der Waals surface area (Å²) in [6, 6.07) is 7.83. The number of hydrogen-bond donors (Lipinski definition) is 2. The molecule has 0 radical (unpaired) electrons. The van der Waals surface area contributed by atoms with Crippen molar-refractivity contribution in [3.8, 4) is 5.75 Å². The van der Waals surface area contributed by atoms with Gasteiger partial charge in [-0.15, -0.1) is 0 Å². The summed E-state index contributed by atoms with van der Waals surface area (Å²) in [5.41, 5.74) is 0.977. The topological polar surface area (TPSA) is 50.4 Å². The molecule has 1 amide bonds. The number of amides is 1. The van der Waals surface area contributed by atoms with Crippen LogP contribution in [0, 0.1) is 0 Å². The lowest BCUT2D eigenvalue weighted by atomic mass is 10.2. The molecule has 1 atom stereocenters. The van der Waals surface area contributed by atoms with Gasteiger partial charge < -0.3 is 15.4 Å². The van der Waals surface area contributed by atoms with Gasteiger partial charge in [0.15, 0.2) is 0 Å². The van der Waals surface area contributed by atoms with Crippen LogP contribution in [0.3, 0.4) is 0 Å². The average molecular weight is 264 g/mol. The Balaban J connectivity index is 2.41. The van der Waals surface area contributed by atoms with Crippen molar-refractivity contribution in [3.63, 3.8) is 0 Å². The molecule has 19 heavy (non-hydrogen) atoms. The number of nitrogens with one attached hydrogen (secondary N) is 2. The van der Waals surface area contributed by atoms with Crippen molar-refractivity contribution in [1.82, 2.24) is 5.32 Å². The Hall–Kier alpha value is -1.71. The third-order valence-electron chi connectivity index (χ3n) is 2.80. The fourth-order valence-corrected chi connectivity index (χ4v) is 1.60. The lowest BCUT2D eigenvalue weighted by Crippen LogP contribution is -2.24. The van der Waals surface area contributed by atoms with Crippen LogP contribution in [0.2, 0.25) is 0 Å². The van der Waals surface area contributed by atoms with E-state index in [4.69, 9.17) is 4.74 Å². The molecule has 4 nitrogen and oxygen atoms in total. The summed E-state index contributed by atoms with van der Waals surface area (Å²) in [6.07, 6.45) is 1.67. The minimum Gasteiger partial charge on any atom is -0.491 e. The second kappa shape index (κ2) is 8.40. The van der Waals surface area contributed by atoms with Gasteiger partial charge in [0.1, 0.15) is 5.75 Å². The molecular formula is C15H24N2O2. The summed E-state index contributed by atoms with van der Waals surface area (Å²) in [7, 11) is 0. The molecule has 0 fully saturated rings. The molecular weight excluding hydrogens is 240 g/mol. The summed E-state index contributed by atoms with van der Waals surface area (Å²) >= 11 is 0. The minimum atomic E-state index is 0.0713. The molecule has 0 aromatic heterocycles. The first-order valence-electron chi connectivity index (χ1n) is 6.93. The Kier molecular flexibility index (Phi) is 6.79. The first kappa shape index (κ1) is 15.3. The molecule has 0 saturated heterocycles. The standard InChI is InChI=1S/C15H24N2O2/c1-4-12(3)19-14-8-6-7-13(11-14)17-10-9-15(18)16-5-2/h6-8,11-12,17H,4-5,9-10H2,1-3H3,(H,16,18). The van der Waals surface area contributed by atoms with Gasteiger partial charge in [-0.3, -0.25) is 4.79 Å². The van der Waals surface area contributed by atoms with Crippen LogP contribution in [0.1, 0.15) is 33.6 Å². The molecule has 0 aliphatic rings. The Morgan fingerprint density at radius 3 is 2.84 bits per heavy atom. The van der Waals surface area contributed by atoms with Crippen molar-refractivity contribution < 1.29 is 9.53 Å². The molecule has 1 rings (SSSR count). The van der Waals surface area contributed by atoms with E-state index in [2.05, 4.69) is 24.5 Å². The summed E-state index contributed by atoms with van der Waals surface area (Å²) in [4.78, 5) is 11.3. The van der Waals surface area contributed by atoms with Gasteiger partial charge in [0.05, 0.1) is 6.10 Å². The summed E-state index contributed by atoms with van der Waals surface area (Å²) in [6.45, 7) is 7.37. The zero-order valence-corrected chi connectivity index (χ0v) is 12.0. The van der Waals surface area contributed by atoms with E-state index in [-0.39, 0.29) is 12.0 Å². The van der Waals surface area contributed by atoms with Crippen LogP contribution < -0.4 is 15.4 Å². The molecule has 1 unspecified atom stereocenters. The third kappa shape index (κ3) is 6.13. The molecule has 1 aromatic rings. The van der Waals surface area contributed by atoms with Gasteiger partial charge in [0.25, 0.3) is 0 Å². The number of carbonyl (C=O) groups is 1. The fraction of sp³-hybridized carbons (Fsp3) is 0.533. The highest BCUT2D eigenvalue weighted by Crippen LogP contribution is 2.19. The zero-order valence-electron chi connectivity index (χ0n) is 12.0. The van der Waals surface area contributed by atoms with Crippen molar-refractivity contribution in [2.45, 2.75) is 39.7 Å². The van der Waals surface area contributed by atoms with Crippen LogP contribution in [0.4, 0.5) is 5.69 Å². The maximum atomic E-state index is 11.3. The Bertz CT molecular complexity index is 393. The Morgan fingerprint density at radius 2 is 2.16 bits per heavy atom. The lowest BCUT2D eigenvalue weighted by molar-refractivity contribution is -0.120. The van der Waals surface area contributed by atoms with E-state index < -0.39 is 0 Å². The molecule has 0 heterocycles. The molecule has 2 N–H and O–H groups in total. The van der Waals surface area contributed by atoms with E-state index >= 15 is 0 Å². The first-order chi connectivity index (χ1) is 9.15. The highest BCUT2D eigenvalue weighted by Gasteiger charge is 2.03. The van der Waals surface area contributed by atoms with Crippen LogP contribution >= 0.6 is 0 Å². The van der Waals surface area contributed by atoms with Crippen LogP contribution in [0.5, 0.6) is 5.75 Å². The number of anilines is 1. The van der Waals surface area contributed by atoms with Crippen molar-refractivity contribution >= 4 is 11.6 Å². The fourth-order valence-electron chi connectivity index (χ4n) is 1.60. The molecule has 0 spiro atoms. The quantitative estimate of drug-likeness (QED) is 0.759. The normalized spacial score (nSPS) is 11.7. The van der Waals surface area contributed by atoms with Crippen molar-refractivity contribution in [2.24, 2.45) is 0 Å². The van der Waals surface area contributed by atoms with Crippen molar-refractivity contribution in [1.29, 1.82) is 0 Å². The van der Waals surface area contributed by atoms with Crippen LogP contribution in [0.15, 0.2) is 24.3 Å². The number of ether oxygens (including phenoxy) is 1. The molecule has 1 aromatic carbocycles. The SMILES string of the molecule is CCNC(=O)CCNc1cccc(OC(C)CC)c1. The number of benzene rings is 1. The summed E-state index contributed by atoms with van der Waals surface area (Å²) < 4.78 is 5.75. The molecule has 0 aliphatic heterocycles. The van der Waals surface area contributed by atoms with Crippen LogP contribution in [-0.4, -0.2) is 25.1 Å². The zero-order chi connectivity index (χ0) is 14.1. The van der Waals surface area contributed by atoms with E-state index in [0.717, 1.165) is 17.9 Å². The van der Waals surface area contributed by atoms with Crippen LogP contribution in [0.25, 0.3) is 0 Å². The smallest absolute Gasteiger partial charge is 0.221 e. The number of rotatable bonds is 8. The molecule has 4 heteroatoms. The van der Waals surface area contributed by atoms with Gasteiger partial charge in [-0.1, -0.05) is 13.0 Å². The predicted octanol–water partition coefficient (Wildman–Crippen LogP) is 2.80. The van der Waals surface area contributed by atoms with Gasteiger partial charge in [-0.05, 0) is 32.4 Å². The highest BCUT2D eigenvalue weighted by atomic mass is 16.5. The maximum Gasteiger partial charge on any atom is 0.221 e. The van der Waals surface area contributed by atoms with Crippen molar-refractivity contribution in [2.75, 3.05) is 18.4 Å². The monoisotopic (exact) mass is 264 g/mol. The van der Waals surface area contributed by atoms with Gasteiger partial charge in [-0.2, -0.15) is 0 Å². The number of hydrogen-bond acceptors (Lipinski definition) is 3. The average Bonchev–Trinajstić information content (AvgIpc) is 2.39. The third-order valence-corrected chi connectivity index (χ3v) is 2.80. The second-order valence-corrected chi connectivity index (χ2v) is 4.49. The molecule has 106 valence electrons. The largest absolute Gasteiger partial charge is 0.491 e. The van der Waals surface area contributed by atoms with E-state index in [1.807, 2.05) is 31.2 Å². The van der Waals surface area contributed by atoms with E-state index in [1.54, 1.807) is 0 Å². The van der Waals surface area contributed by atoms with Gasteiger partial charge in [-0.25, -0.2) is 0 Å². The van der Waals surface area contributed by atoms with Crippen molar-refractivity contribution in [3.05, 3.63) is 24.3 Å². The van der Waals surface area contributed by atoms with Crippen LogP contribution in [-0.2, 0) is 4.79 Å². The lowest BCUT2D eigenvalue weighted by Gasteiger charge is -2.14. The van der Waals surface area contributed by atoms with Gasteiger partial charge in [0.2, 0.25) is 5.91 Å². The van der Waals surface area contributed by atoms with Gasteiger partial charge in [0, 0.05) is 31.3 Å². The van der Waals surface area contributed by atoms with E-state index in [0.29, 0.717) is 19.5 Å². The summed E-state index contributed by atoms with van der Waals surface area (Å²) in [5.74, 6) is 0.930. The van der Waals surface area contributed by atoms with E-state index in [9.17, 15) is 4.79 Å². The molecule has 0 bridgehead atoms. The Morgan fingerprint density at radius 1 is 1.37 bits per heavy atom. The highest BCUT2D eigenvalue weighted by molar-refractivity contribution is 5.76. The molecule has 0 saturated carbocycles. The maximum absolute atomic E-state index is 11.3. The minimum absolute atomic E-state index is 0.0713. The summed E-state index contributed by atoms with van der Waals surface area (Å²) in [5, 5.41) is 6.00. The molecule has 0 aliphatic carbocycles. The van der Waals surface area contributed by atoms with Gasteiger partial charge >= 0.3 is 0 Å². The first-order valence-corrected chi connectivity index (χ1v) is 6.93. The predicted molar refractivity (Wildman–Crippen MR) is 78.6 cm³/mol. The number of carbonyl (C=O) groups excluding carboxylic acids is 1. The van der Waals surface area contributed by atoms with E-state index in [1.165, 1.54) is 0 Å².